The highest BCUT2D eigenvalue weighted by atomic mass is 35.5. The highest BCUT2D eigenvalue weighted by Crippen LogP contribution is 2.51. The summed E-state index contributed by atoms with van der Waals surface area (Å²) in [5.74, 6) is 0. The van der Waals surface area contributed by atoms with Crippen molar-refractivity contribution in [3.8, 4) is 11.1 Å². The van der Waals surface area contributed by atoms with Gasteiger partial charge in [-0.05, 0) is 69.9 Å². The number of aryl methyl sites for hydroxylation is 1. The largest absolute Gasteiger partial charge is 0.444 e. The molecule has 1 amide bonds. The molecule has 6 nitrogen and oxygen atoms in total. The van der Waals surface area contributed by atoms with Gasteiger partial charge in [-0.25, -0.2) is 9.18 Å². The zero-order chi connectivity index (χ0) is 26.8. The van der Waals surface area contributed by atoms with Crippen LogP contribution in [0.2, 0.25) is 5.02 Å². The van der Waals surface area contributed by atoms with Crippen LogP contribution in [0.5, 0.6) is 0 Å². The number of aromatic nitrogens is 1. The number of aliphatic hydroxyl groups is 1. The van der Waals surface area contributed by atoms with Crippen LogP contribution in [-0.4, -0.2) is 57.5 Å². The Morgan fingerprint density at radius 3 is 2.76 bits per heavy atom. The van der Waals surface area contributed by atoms with Crippen molar-refractivity contribution in [2.45, 2.75) is 82.8 Å². The normalized spacial score (nSPS) is 25.1. The quantitative estimate of drug-likeness (QED) is 0.386. The summed E-state index contributed by atoms with van der Waals surface area (Å²) in [4.78, 5) is 22.9. The second-order valence-electron chi connectivity index (χ2n) is 11.9. The minimum Gasteiger partial charge on any atom is -0.444 e. The topological polar surface area (TPSA) is 65.9 Å². The molecule has 1 saturated carbocycles. The first-order valence-corrected chi connectivity index (χ1v) is 14.5. The van der Waals surface area contributed by atoms with Gasteiger partial charge in [-0.2, -0.15) is 0 Å². The van der Waals surface area contributed by atoms with E-state index in [0.717, 1.165) is 51.3 Å². The van der Waals surface area contributed by atoms with Gasteiger partial charge in [0.15, 0.2) is 0 Å². The third-order valence-electron chi connectivity index (χ3n) is 8.03. The summed E-state index contributed by atoms with van der Waals surface area (Å²) in [6.07, 6.45) is 3.90. The average molecular weight is 558 g/mol. The Morgan fingerprint density at radius 2 is 2.05 bits per heavy atom. The second-order valence-corrected chi connectivity index (χ2v) is 13.5. The number of rotatable bonds is 3. The summed E-state index contributed by atoms with van der Waals surface area (Å²) < 4.78 is 21.1. The van der Waals surface area contributed by atoms with E-state index in [-0.39, 0.29) is 18.7 Å². The predicted octanol–water partition coefficient (Wildman–Crippen LogP) is 6.74. The summed E-state index contributed by atoms with van der Waals surface area (Å²) in [5.41, 5.74) is 4.13. The van der Waals surface area contributed by atoms with E-state index in [0.29, 0.717) is 30.8 Å². The van der Waals surface area contributed by atoms with E-state index < -0.39 is 17.3 Å². The number of likely N-dealkylation sites (tertiary alicyclic amines) is 1. The van der Waals surface area contributed by atoms with Gasteiger partial charge in [0, 0.05) is 64.9 Å². The number of aliphatic hydroxyl groups excluding tert-OH is 1. The number of alkyl halides is 1. The van der Waals surface area contributed by atoms with Gasteiger partial charge in [0.2, 0.25) is 0 Å². The molecule has 1 saturated heterocycles. The molecule has 0 radical (unpaired) electrons. The molecule has 2 aliphatic heterocycles. The van der Waals surface area contributed by atoms with Gasteiger partial charge in [0.25, 0.3) is 0 Å². The van der Waals surface area contributed by atoms with E-state index in [4.69, 9.17) is 16.3 Å². The van der Waals surface area contributed by atoms with E-state index in [1.54, 1.807) is 22.4 Å². The number of pyridine rings is 1. The van der Waals surface area contributed by atoms with Gasteiger partial charge in [0.1, 0.15) is 11.8 Å². The van der Waals surface area contributed by atoms with Gasteiger partial charge >= 0.3 is 6.09 Å². The number of anilines is 1. The molecule has 2 aromatic heterocycles. The number of carbonyl (C=O) groups excluding carboxylic acids is 1. The van der Waals surface area contributed by atoms with Crippen LogP contribution in [0.1, 0.15) is 56.9 Å². The fourth-order valence-corrected chi connectivity index (χ4v) is 7.79. The van der Waals surface area contributed by atoms with Crippen molar-refractivity contribution >= 4 is 44.9 Å². The maximum Gasteiger partial charge on any atom is 0.410 e. The number of amides is 1. The van der Waals surface area contributed by atoms with E-state index in [9.17, 15) is 14.3 Å². The predicted molar refractivity (Wildman–Crippen MR) is 150 cm³/mol. The number of halogens is 2. The average Bonchev–Trinajstić information content (AvgIpc) is 3.44. The number of hydrogen-bond acceptors (Lipinski definition) is 6. The summed E-state index contributed by atoms with van der Waals surface area (Å²) in [5, 5.41) is 10.4. The lowest BCUT2D eigenvalue weighted by Gasteiger charge is -2.47. The van der Waals surface area contributed by atoms with E-state index in [2.05, 4.69) is 16.0 Å². The Balaban J connectivity index is 1.42. The Labute approximate surface area is 231 Å². The molecule has 4 heterocycles. The molecule has 9 heteroatoms. The summed E-state index contributed by atoms with van der Waals surface area (Å²) >= 11 is 8.21. The van der Waals surface area contributed by atoms with E-state index in [1.165, 1.54) is 5.56 Å². The third kappa shape index (κ3) is 4.44. The van der Waals surface area contributed by atoms with Crippen molar-refractivity contribution in [2.75, 3.05) is 18.0 Å². The smallest absolute Gasteiger partial charge is 0.410 e. The van der Waals surface area contributed by atoms with Gasteiger partial charge < -0.3 is 19.6 Å². The monoisotopic (exact) mass is 557 g/mol. The van der Waals surface area contributed by atoms with Gasteiger partial charge in [-0.15, -0.1) is 11.3 Å². The van der Waals surface area contributed by atoms with Crippen molar-refractivity contribution in [1.29, 1.82) is 0 Å². The molecule has 1 spiro atoms. The van der Waals surface area contributed by atoms with Crippen molar-refractivity contribution in [3.63, 3.8) is 0 Å². The molecule has 0 bridgehead atoms. The molecule has 1 atom stereocenters. The minimum absolute atomic E-state index is 0.0273. The molecule has 1 N–H and O–H groups in total. The summed E-state index contributed by atoms with van der Waals surface area (Å²) in [6.45, 7) is 6.92. The Kier molecular flexibility index (Phi) is 6.36. The van der Waals surface area contributed by atoms with E-state index >= 15 is 0 Å². The number of ether oxygens (including phenoxy) is 1. The number of thiophene rings is 1. The van der Waals surface area contributed by atoms with Gasteiger partial charge in [0.05, 0.1) is 22.4 Å². The number of benzene rings is 1. The van der Waals surface area contributed by atoms with Crippen LogP contribution in [0.3, 0.4) is 0 Å². The Morgan fingerprint density at radius 1 is 1.26 bits per heavy atom. The zero-order valence-corrected chi connectivity index (χ0v) is 23.5. The van der Waals surface area contributed by atoms with Crippen molar-refractivity contribution in [3.05, 3.63) is 45.9 Å². The number of carbonyl (C=O) groups is 1. The first-order valence-electron chi connectivity index (χ1n) is 13.3. The lowest BCUT2D eigenvalue weighted by atomic mass is 9.72. The first kappa shape index (κ1) is 25.8. The third-order valence-corrected chi connectivity index (χ3v) is 9.39. The molecule has 38 heavy (non-hydrogen) atoms. The maximum absolute atomic E-state index is 14.3. The molecular formula is C29H33ClFN3O3S. The fourth-order valence-electron chi connectivity index (χ4n) is 6.55. The Hall–Kier alpha value is -2.42. The van der Waals surface area contributed by atoms with Crippen LogP contribution in [0, 0.1) is 0 Å². The zero-order valence-electron chi connectivity index (χ0n) is 22.0. The van der Waals surface area contributed by atoms with Crippen LogP contribution in [0.25, 0.3) is 21.3 Å². The molecule has 1 aliphatic carbocycles. The minimum atomic E-state index is -0.883. The molecule has 2 fully saturated rings. The lowest BCUT2D eigenvalue weighted by Crippen LogP contribution is -2.57. The fraction of sp³-hybridized carbons (Fsp3) is 0.517. The summed E-state index contributed by atoms with van der Waals surface area (Å²) in [7, 11) is 0. The number of fused-ring (bicyclic) bond motifs is 2. The molecular weight excluding hydrogens is 525 g/mol. The van der Waals surface area contributed by atoms with Crippen LogP contribution >= 0.6 is 22.9 Å². The van der Waals surface area contributed by atoms with Gasteiger partial charge in [-0.3, -0.25) is 4.98 Å². The van der Waals surface area contributed by atoms with Crippen LogP contribution in [0.15, 0.2) is 30.5 Å². The molecule has 3 aliphatic rings. The molecule has 0 unspecified atom stereocenters. The summed E-state index contributed by atoms with van der Waals surface area (Å²) in [6, 6.07) is 8.06. The molecule has 202 valence electrons. The van der Waals surface area contributed by atoms with E-state index in [1.807, 2.05) is 39.0 Å². The van der Waals surface area contributed by atoms with Crippen LogP contribution in [0.4, 0.5) is 14.9 Å². The highest BCUT2D eigenvalue weighted by Gasteiger charge is 2.58. The van der Waals surface area contributed by atoms with Crippen molar-refractivity contribution < 1.29 is 19.0 Å². The molecule has 3 aromatic rings. The van der Waals surface area contributed by atoms with Crippen molar-refractivity contribution in [2.24, 2.45) is 0 Å². The van der Waals surface area contributed by atoms with Crippen LogP contribution in [-0.2, 0) is 17.8 Å². The molecule has 1 aromatic carbocycles. The first-order chi connectivity index (χ1) is 18.1. The van der Waals surface area contributed by atoms with Crippen molar-refractivity contribution in [1.82, 2.24) is 9.88 Å². The molecule has 6 rings (SSSR count). The number of nitrogens with zero attached hydrogens (tertiary/aromatic N) is 3. The highest BCUT2D eigenvalue weighted by molar-refractivity contribution is 7.19. The van der Waals surface area contributed by atoms with Gasteiger partial charge in [-0.1, -0.05) is 11.6 Å². The standard InChI is InChI=1S/C29H33ClFN3O3S/c1-28(2,3)37-27(36)34-15-20(14-29(34)12-19(31)13-29)33-8-4-5-17-9-18(30)10-23(25(17)33)22-6-7-32-24-11-21(16-35)38-26(22)24/h6-7,9-11,19-20,35H,4-5,8,12-16H2,1-3H3/t19?,20-,29?/m1/s1. The number of hydrogen-bond donors (Lipinski definition) is 1. The maximum atomic E-state index is 14.3. The lowest BCUT2D eigenvalue weighted by molar-refractivity contribution is -0.0349. The second kappa shape index (κ2) is 9.35. The van der Waals surface area contributed by atoms with Crippen LogP contribution < -0.4 is 4.90 Å². The SMILES string of the molecule is CC(C)(C)OC(=O)N1C[C@H](N2CCCc3cc(Cl)cc(-c4ccnc5cc(CO)sc45)c32)CC12CC(F)C2. The Bertz CT molecular complexity index is 1400.